The van der Waals surface area contributed by atoms with Crippen molar-refractivity contribution in [3.8, 4) is 0 Å². The van der Waals surface area contributed by atoms with E-state index < -0.39 is 0 Å². The van der Waals surface area contributed by atoms with Gasteiger partial charge in [0.2, 0.25) is 5.91 Å². The molecular formula is C17H26N2O2. The van der Waals surface area contributed by atoms with Crippen LogP contribution in [-0.2, 0) is 16.0 Å². The van der Waals surface area contributed by atoms with E-state index in [9.17, 15) is 4.79 Å². The second-order valence-electron chi connectivity index (χ2n) is 6.35. The fourth-order valence-corrected chi connectivity index (χ4v) is 2.55. The molecule has 1 fully saturated rings. The lowest BCUT2D eigenvalue weighted by atomic mass is 10.0. The molecule has 0 unspecified atom stereocenters. The Morgan fingerprint density at radius 3 is 2.48 bits per heavy atom. The van der Waals surface area contributed by atoms with Gasteiger partial charge in [0.1, 0.15) is 0 Å². The molecule has 1 N–H and O–H groups in total. The number of hydrogen-bond donors (Lipinski definition) is 1. The first-order valence-corrected chi connectivity index (χ1v) is 7.62. The highest BCUT2D eigenvalue weighted by molar-refractivity contribution is 5.78. The molecule has 1 aromatic rings. The Bertz CT molecular complexity index is 462. The van der Waals surface area contributed by atoms with Crippen LogP contribution in [0.15, 0.2) is 24.3 Å². The Labute approximate surface area is 127 Å². The molecule has 1 aliphatic heterocycles. The first-order chi connectivity index (χ1) is 9.97. The molecule has 2 rings (SSSR count). The average Bonchev–Trinajstić information content (AvgIpc) is 2.49. The topological polar surface area (TPSA) is 41.6 Å². The highest BCUT2D eigenvalue weighted by atomic mass is 16.5. The van der Waals surface area contributed by atoms with Gasteiger partial charge in [-0.05, 0) is 26.3 Å². The summed E-state index contributed by atoms with van der Waals surface area (Å²) < 4.78 is 5.38. The lowest BCUT2D eigenvalue weighted by Gasteiger charge is -2.40. The molecular weight excluding hydrogens is 264 g/mol. The molecule has 4 heteroatoms. The van der Waals surface area contributed by atoms with Gasteiger partial charge >= 0.3 is 0 Å². The van der Waals surface area contributed by atoms with Gasteiger partial charge in [0.15, 0.2) is 0 Å². The third-order valence-corrected chi connectivity index (χ3v) is 4.07. The minimum Gasteiger partial charge on any atom is -0.379 e. The standard InChI is InChI=1S/C17H26N2O2/c1-14-4-6-15(7-5-14)12-16(20)18-13-17(2,3)19-8-10-21-11-9-19/h4-7H,8-13H2,1-3H3,(H,18,20). The van der Waals surface area contributed by atoms with Crippen molar-refractivity contribution in [3.63, 3.8) is 0 Å². The van der Waals surface area contributed by atoms with E-state index in [0.29, 0.717) is 13.0 Å². The SMILES string of the molecule is Cc1ccc(CC(=O)NCC(C)(C)N2CCOCC2)cc1. The summed E-state index contributed by atoms with van der Waals surface area (Å²) in [6.07, 6.45) is 0.444. The number of ether oxygens (including phenoxy) is 1. The number of morpholine rings is 1. The van der Waals surface area contributed by atoms with E-state index in [0.717, 1.165) is 31.9 Å². The summed E-state index contributed by atoms with van der Waals surface area (Å²) in [5.41, 5.74) is 2.24. The zero-order chi connectivity index (χ0) is 15.3. The third kappa shape index (κ3) is 4.83. The maximum atomic E-state index is 12.1. The van der Waals surface area contributed by atoms with Crippen molar-refractivity contribution >= 4 is 5.91 Å². The summed E-state index contributed by atoms with van der Waals surface area (Å²) in [6, 6.07) is 8.12. The van der Waals surface area contributed by atoms with Crippen molar-refractivity contribution < 1.29 is 9.53 Å². The summed E-state index contributed by atoms with van der Waals surface area (Å²) >= 11 is 0. The van der Waals surface area contributed by atoms with E-state index in [1.807, 2.05) is 24.3 Å². The number of carbonyl (C=O) groups excluding carboxylic acids is 1. The minimum atomic E-state index is -0.0350. The second kappa shape index (κ2) is 7.05. The van der Waals surface area contributed by atoms with E-state index in [1.165, 1.54) is 5.56 Å². The molecule has 1 aromatic carbocycles. The van der Waals surface area contributed by atoms with Gasteiger partial charge in [-0.15, -0.1) is 0 Å². The molecule has 1 saturated heterocycles. The second-order valence-corrected chi connectivity index (χ2v) is 6.35. The van der Waals surface area contributed by atoms with Crippen LogP contribution < -0.4 is 5.32 Å². The third-order valence-electron chi connectivity index (χ3n) is 4.07. The van der Waals surface area contributed by atoms with Gasteiger partial charge in [0.05, 0.1) is 19.6 Å². The minimum absolute atomic E-state index is 0.0350. The Morgan fingerprint density at radius 2 is 1.86 bits per heavy atom. The Kier molecular flexibility index (Phi) is 5.37. The van der Waals surface area contributed by atoms with Crippen LogP contribution in [0.2, 0.25) is 0 Å². The van der Waals surface area contributed by atoms with Crippen LogP contribution in [0.5, 0.6) is 0 Å². The summed E-state index contributed by atoms with van der Waals surface area (Å²) in [5, 5.41) is 3.06. The van der Waals surface area contributed by atoms with Crippen LogP contribution in [0.1, 0.15) is 25.0 Å². The number of aryl methyl sites for hydroxylation is 1. The molecule has 116 valence electrons. The van der Waals surface area contributed by atoms with Gasteiger partial charge in [-0.2, -0.15) is 0 Å². The van der Waals surface area contributed by atoms with Gasteiger partial charge in [-0.1, -0.05) is 29.8 Å². The van der Waals surface area contributed by atoms with Gasteiger partial charge in [-0.3, -0.25) is 9.69 Å². The van der Waals surface area contributed by atoms with Gasteiger partial charge in [0.25, 0.3) is 0 Å². The van der Waals surface area contributed by atoms with Crippen LogP contribution in [0.25, 0.3) is 0 Å². The first-order valence-electron chi connectivity index (χ1n) is 7.62. The van der Waals surface area contributed by atoms with Gasteiger partial charge < -0.3 is 10.1 Å². The number of rotatable bonds is 5. The highest BCUT2D eigenvalue weighted by Gasteiger charge is 2.28. The molecule has 0 aliphatic carbocycles. The van der Waals surface area contributed by atoms with Crippen molar-refractivity contribution in [1.29, 1.82) is 0 Å². The Hall–Kier alpha value is -1.39. The molecule has 1 heterocycles. The lowest BCUT2D eigenvalue weighted by Crippen LogP contribution is -2.55. The molecule has 1 amide bonds. The fourth-order valence-electron chi connectivity index (χ4n) is 2.55. The van der Waals surface area contributed by atoms with E-state index in [4.69, 9.17) is 4.74 Å². The van der Waals surface area contributed by atoms with E-state index in [2.05, 4.69) is 31.0 Å². The molecule has 0 spiro atoms. The van der Waals surface area contributed by atoms with Crippen LogP contribution in [-0.4, -0.2) is 49.2 Å². The molecule has 0 bridgehead atoms. The van der Waals surface area contributed by atoms with Crippen LogP contribution in [0, 0.1) is 6.92 Å². The largest absolute Gasteiger partial charge is 0.379 e. The maximum Gasteiger partial charge on any atom is 0.224 e. The van der Waals surface area contributed by atoms with E-state index in [-0.39, 0.29) is 11.4 Å². The number of hydrogen-bond acceptors (Lipinski definition) is 3. The zero-order valence-corrected chi connectivity index (χ0v) is 13.3. The van der Waals surface area contributed by atoms with E-state index >= 15 is 0 Å². The molecule has 4 nitrogen and oxygen atoms in total. The summed E-state index contributed by atoms with van der Waals surface area (Å²) in [4.78, 5) is 14.5. The Morgan fingerprint density at radius 1 is 1.24 bits per heavy atom. The van der Waals surface area contributed by atoms with Crippen molar-refractivity contribution in [1.82, 2.24) is 10.2 Å². The summed E-state index contributed by atoms with van der Waals surface area (Å²) in [7, 11) is 0. The molecule has 1 aliphatic rings. The molecule has 21 heavy (non-hydrogen) atoms. The number of carbonyl (C=O) groups is 1. The number of nitrogens with zero attached hydrogens (tertiary/aromatic N) is 1. The predicted octanol–water partition coefficient (Wildman–Crippen LogP) is 1.76. The van der Waals surface area contributed by atoms with Crippen molar-refractivity contribution in [2.24, 2.45) is 0 Å². The molecule has 0 saturated carbocycles. The molecule has 0 aromatic heterocycles. The van der Waals surface area contributed by atoms with Crippen molar-refractivity contribution in [3.05, 3.63) is 35.4 Å². The highest BCUT2D eigenvalue weighted by Crippen LogP contribution is 2.15. The quantitative estimate of drug-likeness (QED) is 0.898. The smallest absolute Gasteiger partial charge is 0.224 e. The van der Waals surface area contributed by atoms with Gasteiger partial charge in [0, 0.05) is 25.2 Å². The Balaban J connectivity index is 1.81. The first kappa shape index (κ1) is 16.0. The predicted molar refractivity (Wildman–Crippen MR) is 84.4 cm³/mol. The zero-order valence-electron chi connectivity index (χ0n) is 13.3. The van der Waals surface area contributed by atoms with Crippen molar-refractivity contribution in [2.75, 3.05) is 32.8 Å². The lowest BCUT2D eigenvalue weighted by molar-refractivity contribution is -0.121. The van der Waals surface area contributed by atoms with Crippen LogP contribution >= 0.6 is 0 Å². The summed E-state index contributed by atoms with van der Waals surface area (Å²) in [6.45, 7) is 10.5. The van der Waals surface area contributed by atoms with E-state index in [1.54, 1.807) is 0 Å². The summed E-state index contributed by atoms with van der Waals surface area (Å²) in [5.74, 6) is 0.0835. The average molecular weight is 290 g/mol. The normalized spacial score (nSPS) is 16.7. The number of amides is 1. The van der Waals surface area contributed by atoms with Crippen LogP contribution in [0.3, 0.4) is 0 Å². The number of nitrogens with one attached hydrogen (secondary N) is 1. The monoisotopic (exact) mass is 290 g/mol. The molecule has 0 radical (unpaired) electrons. The number of benzene rings is 1. The van der Waals surface area contributed by atoms with Crippen molar-refractivity contribution in [2.45, 2.75) is 32.7 Å². The maximum absolute atomic E-state index is 12.1. The van der Waals surface area contributed by atoms with Gasteiger partial charge in [-0.25, -0.2) is 0 Å². The van der Waals surface area contributed by atoms with Crippen LogP contribution in [0.4, 0.5) is 0 Å². The molecule has 0 atom stereocenters. The fraction of sp³-hybridized carbons (Fsp3) is 0.588.